The summed E-state index contributed by atoms with van der Waals surface area (Å²) in [5, 5.41) is 3.72. The zero-order chi connectivity index (χ0) is 12.3. The highest BCUT2D eigenvalue weighted by Crippen LogP contribution is 2.36. The van der Waals surface area contributed by atoms with Gasteiger partial charge in [0.25, 0.3) is 0 Å². The Morgan fingerprint density at radius 2 is 2.29 bits per heavy atom. The predicted molar refractivity (Wildman–Crippen MR) is 73.0 cm³/mol. The van der Waals surface area contributed by atoms with E-state index in [0.717, 1.165) is 19.1 Å². The minimum Gasteiger partial charge on any atom is -0.350 e. The minimum atomic E-state index is 0.545. The molecule has 1 aromatic rings. The van der Waals surface area contributed by atoms with Gasteiger partial charge in [0, 0.05) is 31.0 Å². The first-order valence-electron chi connectivity index (χ1n) is 6.98. The molecule has 1 aliphatic rings. The second kappa shape index (κ2) is 5.26. The highest BCUT2D eigenvalue weighted by Gasteiger charge is 2.30. The number of rotatable bonds is 5. The Hall–Kier alpha value is -0.760. The fourth-order valence-corrected chi connectivity index (χ4v) is 2.93. The maximum atomic E-state index is 3.72. The van der Waals surface area contributed by atoms with Gasteiger partial charge in [-0.15, -0.1) is 0 Å². The Kier molecular flexibility index (Phi) is 3.93. The van der Waals surface area contributed by atoms with Crippen LogP contribution in [0.25, 0.3) is 0 Å². The lowest BCUT2D eigenvalue weighted by Crippen LogP contribution is -2.27. The van der Waals surface area contributed by atoms with E-state index in [9.17, 15) is 0 Å². The lowest BCUT2D eigenvalue weighted by molar-refractivity contribution is 0.363. The maximum Gasteiger partial charge on any atom is 0.0361 e. The fraction of sp³-hybridized carbons (Fsp3) is 0.733. The Morgan fingerprint density at radius 3 is 2.94 bits per heavy atom. The molecule has 2 heteroatoms. The number of nitrogens with one attached hydrogen (secondary N) is 1. The molecule has 0 aromatic carbocycles. The van der Waals surface area contributed by atoms with Crippen molar-refractivity contribution in [2.24, 2.45) is 5.41 Å². The van der Waals surface area contributed by atoms with Gasteiger partial charge in [-0.05, 0) is 43.2 Å². The summed E-state index contributed by atoms with van der Waals surface area (Å²) in [4.78, 5) is 0. The molecule has 0 aliphatic heterocycles. The molecule has 1 fully saturated rings. The van der Waals surface area contributed by atoms with Crippen LogP contribution in [0.15, 0.2) is 18.3 Å². The molecule has 0 bridgehead atoms. The summed E-state index contributed by atoms with van der Waals surface area (Å²) >= 11 is 0. The lowest BCUT2D eigenvalue weighted by Gasteiger charge is -2.18. The van der Waals surface area contributed by atoms with Crippen molar-refractivity contribution in [3.05, 3.63) is 24.0 Å². The Balaban J connectivity index is 1.84. The van der Waals surface area contributed by atoms with Gasteiger partial charge in [0.15, 0.2) is 0 Å². The van der Waals surface area contributed by atoms with Crippen LogP contribution >= 0.6 is 0 Å². The molecular formula is C15H26N2. The highest BCUT2D eigenvalue weighted by molar-refractivity contribution is 5.07. The molecule has 2 rings (SSSR count). The second-order valence-corrected chi connectivity index (χ2v) is 6.18. The van der Waals surface area contributed by atoms with E-state index in [4.69, 9.17) is 0 Å². The summed E-state index contributed by atoms with van der Waals surface area (Å²) < 4.78 is 2.37. The Morgan fingerprint density at radius 1 is 1.47 bits per heavy atom. The highest BCUT2D eigenvalue weighted by atomic mass is 15.0. The van der Waals surface area contributed by atoms with Crippen LogP contribution in [0.4, 0.5) is 0 Å². The number of nitrogens with zero attached hydrogens (tertiary/aromatic N) is 1. The zero-order valence-electron chi connectivity index (χ0n) is 11.5. The van der Waals surface area contributed by atoms with Gasteiger partial charge in [0.1, 0.15) is 0 Å². The molecule has 17 heavy (non-hydrogen) atoms. The summed E-state index contributed by atoms with van der Waals surface area (Å²) in [6.07, 6.45) is 7.42. The number of aromatic nitrogens is 1. The third kappa shape index (κ3) is 3.35. The lowest BCUT2D eigenvalue weighted by atomic mass is 9.92. The van der Waals surface area contributed by atoms with E-state index in [0.29, 0.717) is 5.41 Å². The van der Waals surface area contributed by atoms with E-state index >= 15 is 0 Å². The topological polar surface area (TPSA) is 17.0 Å². The largest absolute Gasteiger partial charge is 0.350 e. The van der Waals surface area contributed by atoms with Crippen molar-refractivity contribution in [3.63, 3.8) is 0 Å². The average molecular weight is 234 g/mol. The molecule has 1 aliphatic carbocycles. The zero-order valence-corrected chi connectivity index (χ0v) is 11.5. The van der Waals surface area contributed by atoms with Crippen LogP contribution in [0.5, 0.6) is 0 Å². The van der Waals surface area contributed by atoms with Gasteiger partial charge < -0.3 is 9.88 Å². The smallest absolute Gasteiger partial charge is 0.0361 e. The van der Waals surface area contributed by atoms with Crippen molar-refractivity contribution in [2.75, 3.05) is 0 Å². The van der Waals surface area contributed by atoms with Crippen LogP contribution in [-0.2, 0) is 13.1 Å². The van der Waals surface area contributed by atoms with Gasteiger partial charge in [-0.2, -0.15) is 0 Å². The third-order valence-corrected chi connectivity index (χ3v) is 3.93. The first-order valence-corrected chi connectivity index (χ1v) is 6.98. The van der Waals surface area contributed by atoms with E-state index in [2.05, 4.69) is 49.0 Å². The summed E-state index contributed by atoms with van der Waals surface area (Å²) in [5.41, 5.74) is 1.97. The van der Waals surface area contributed by atoms with Crippen molar-refractivity contribution in [3.8, 4) is 0 Å². The average Bonchev–Trinajstić information content (AvgIpc) is 2.83. The molecule has 1 atom stereocenters. The van der Waals surface area contributed by atoms with Gasteiger partial charge in [0.2, 0.25) is 0 Å². The van der Waals surface area contributed by atoms with Crippen molar-refractivity contribution >= 4 is 0 Å². The van der Waals surface area contributed by atoms with Gasteiger partial charge in [-0.1, -0.05) is 20.8 Å². The standard InChI is InChI=1S/C15H26N2/c1-4-9-17-10-5-6-14(17)12-16-13-7-8-15(2,3)11-13/h5-6,10,13,16H,4,7-9,11-12H2,1-3H3. The Bertz CT molecular complexity index is 352. The van der Waals surface area contributed by atoms with Crippen LogP contribution in [0, 0.1) is 5.41 Å². The summed E-state index contributed by atoms with van der Waals surface area (Å²) in [5.74, 6) is 0. The summed E-state index contributed by atoms with van der Waals surface area (Å²) in [6, 6.07) is 5.11. The van der Waals surface area contributed by atoms with Crippen molar-refractivity contribution in [2.45, 2.75) is 65.6 Å². The van der Waals surface area contributed by atoms with Crippen LogP contribution in [-0.4, -0.2) is 10.6 Å². The minimum absolute atomic E-state index is 0.545. The molecule has 1 saturated carbocycles. The van der Waals surface area contributed by atoms with E-state index in [1.165, 1.54) is 31.4 Å². The monoisotopic (exact) mass is 234 g/mol. The van der Waals surface area contributed by atoms with Crippen LogP contribution in [0.3, 0.4) is 0 Å². The normalized spacial score (nSPS) is 23.1. The third-order valence-electron chi connectivity index (χ3n) is 3.93. The van der Waals surface area contributed by atoms with E-state index in [1.54, 1.807) is 0 Å². The molecular weight excluding hydrogens is 208 g/mol. The van der Waals surface area contributed by atoms with Gasteiger partial charge in [-0.25, -0.2) is 0 Å². The van der Waals surface area contributed by atoms with Crippen LogP contribution in [0.1, 0.15) is 52.1 Å². The van der Waals surface area contributed by atoms with Crippen molar-refractivity contribution in [1.82, 2.24) is 9.88 Å². The van der Waals surface area contributed by atoms with Gasteiger partial charge >= 0.3 is 0 Å². The quantitative estimate of drug-likeness (QED) is 0.824. The van der Waals surface area contributed by atoms with Crippen LogP contribution in [0.2, 0.25) is 0 Å². The summed E-state index contributed by atoms with van der Waals surface area (Å²) in [7, 11) is 0. The molecule has 0 amide bonds. The molecule has 0 spiro atoms. The molecule has 1 heterocycles. The molecule has 1 unspecified atom stereocenters. The van der Waals surface area contributed by atoms with Crippen LogP contribution < -0.4 is 5.32 Å². The van der Waals surface area contributed by atoms with E-state index in [-0.39, 0.29) is 0 Å². The molecule has 96 valence electrons. The summed E-state index contributed by atoms with van der Waals surface area (Å²) in [6.45, 7) is 9.16. The second-order valence-electron chi connectivity index (χ2n) is 6.18. The molecule has 1 N–H and O–H groups in total. The van der Waals surface area contributed by atoms with Gasteiger partial charge in [-0.3, -0.25) is 0 Å². The van der Waals surface area contributed by atoms with Crippen molar-refractivity contribution in [1.29, 1.82) is 0 Å². The van der Waals surface area contributed by atoms with E-state index < -0.39 is 0 Å². The number of hydrogen-bond acceptors (Lipinski definition) is 1. The predicted octanol–water partition coefficient (Wildman–Crippen LogP) is 3.57. The van der Waals surface area contributed by atoms with Crippen molar-refractivity contribution < 1.29 is 0 Å². The maximum absolute atomic E-state index is 3.72. The molecule has 0 saturated heterocycles. The molecule has 0 radical (unpaired) electrons. The SMILES string of the molecule is CCCn1cccc1CNC1CCC(C)(C)C1. The first-order chi connectivity index (χ1) is 8.11. The number of aryl methyl sites for hydroxylation is 1. The fourth-order valence-electron chi connectivity index (χ4n) is 2.93. The van der Waals surface area contributed by atoms with Gasteiger partial charge in [0.05, 0.1) is 0 Å². The van der Waals surface area contributed by atoms with E-state index in [1.807, 2.05) is 0 Å². The number of hydrogen-bond donors (Lipinski definition) is 1. The first kappa shape index (κ1) is 12.7. The molecule has 1 aromatic heterocycles. The molecule has 2 nitrogen and oxygen atoms in total. The Labute approximate surface area is 105 Å².